The van der Waals surface area contributed by atoms with Crippen LogP contribution in [0.2, 0.25) is 5.02 Å². The molecule has 0 saturated carbocycles. The van der Waals surface area contributed by atoms with Crippen molar-refractivity contribution in [3.8, 4) is 0 Å². The highest BCUT2D eigenvalue weighted by molar-refractivity contribution is 6.30. The third kappa shape index (κ3) is 2.01. The van der Waals surface area contributed by atoms with Crippen molar-refractivity contribution in [2.24, 2.45) is 11.7 Å². The summed E-state index contributed by atoms with van der Waals surface area (Å²) in [5, 5.41) is 4.69. The van der Waals surface area contributed by atoms with Gasteiger partial charge in [-0.05, 0) is 12.1 Å². The largest absolute Gasteiger partial charge is 0.369 e. The maximum Gasteiger partial charge on any atom is 0.252 e. The number of anilines is 1. The fourth-order valence-corrected chi connectivity index (χ4v) is 2.21. The Morgan fingerprint density at radius 3 is 2.95 bits per heavy atom. The maximum atomic E-state index is 11.8. The first-order valence-electron chi connectivity index (χ1n) is 5.66. The zero-order valence-electron chi connectivity index (χ0n) is 9.78. The molecule has 1 aliphatic heterocycles. The quantitative estimate of drug-likeness (QED) is 0.851. The molecule has 19 heavy (non-hydrogen) atoms. The number of rotatable bonds is 2. The fourth-order valence-electron chi connectivity index (χ4n) is 2.05. The third-order valence-electron chi connectivity index (χ3n) is 3.05. The summed E-state index contributed by atoms with van der Waals surface area (Å²) in [5.74, 6) is -0.910. The number of aromatic nitrogens is 3. The van der Waals surface area contributed by atoms with Crippen molar-refractivity contribution in [1.82, 2.24) is 14.6 Å². The summed E-state index contributed by atoms with van der Waals surface area (Å²) in [4.78, 5) is 28.6. The van der Waals surface area contributed by atoms with Crippen LogP contribution in [0, 0.1) is 5.92 Å². The number of nitrogens with zero attached hydrogens (tertiary/aromatic N) is 4. The monoisotopic (exact) mass is 279 g/mol. The molecule has 98 valence electrons. The molecule has 3 rings (SSSR count). The molecule has 0 bridgehead atoms. The Morgan fingerprint density at radius 1 is 1.47 bits per heavy atom. The molecule has 8 heteroatoms. The standard InChI is InChI=1S/C11H10ClN5O2/c12-7-1-2-8-14-11(15-17(8)5-7)16-4-6(10(13)19)3-9(16)18/h1-2,5-6H,3-4H2,(H2,13,19). The molecule has 2 amide bonds. The van der Waals surface area contributed by atoms with Crippen LogP contribution >= 0.6 is 11.6 Å². The van der Waals surface area contributed by atoms with Crippen molar-refractivity contribution < 1.29 is 9.59 Å². The molecular formula is C11H10ClN5O2. The molecule has 1 unspecified atom stereocenters. The van der Waals surface area contributed by atoms with Gasteiger partial charge in [0.25, 0.3) is 5.95 Å². The van der Waals surface area contributed by atoms with E-state index in [-0.39, 0.29) is 24.8 Å². The van der Waals surface area contributed by atoms with Crippen LogP contribution in [-0.4, -0.2) is 33.0 Å². The lowest BCUT2D eigenvalue weighted by Gasteiger charge is -2.10. The zero-order valence-corrected chi connectivity index (χ0v) is 10.5. The fraction of sp³-hybridized carbons (Fsp3) is 0.273. The van der Waals surface area contributed by atoms with E-state index in [1.165, 1.54) is 9.42 Å². The number of pyridine rings is 1. The van der Waals surface area contributed by atoms with Gasteiger partial charge in [-0.2, -0.15) is 4.98 Å². The summed E-state index contributed by atoms with van der Waals surface area (Å²) in [5.41, 5.74) is 5.79. The van der Waals surface area contributed by atoms with E-state index in [0.29, 0.717) is 10.7 Å². The number of halogens is 1. The van der Waals surface area contributed by atoms with Crippen LogP contribution < -0.4 is 10.6 Å². The molecule has 0 aliphatic carbocycles. The smallest absolute Gasteiger partial charge is 0.252 e. The number of nitrogens with two attached hydrogens (primary N) is 1. The number of fused-ring (bicyclic) bond motifs is 1. The zero-order chi connectivity index (χ0) is 13.6. The summed E-state index contributed by atoms with van der Waals surface area (Å²) in [7, 11) is 0. The van der Waals surface area contributed by atoms with Gasteiger partial charge in [-0.3, -0.25) is 14.5 Å². The normalized spacial score (nSPS) is 19.3. The SMILES string of the molecule is NC(=O)C1CC(=O)N(c2nc3ccc(Cl)cn3n2)C1. The second kappa shape index (κ2) is 4.20. The molecule has 2 aromatic rings. The van der Waals surface area contributed by atoms with Crippen molar-refractivity contribution in [1.29, 1.82) is 0 Å². The molecule has 2 N–H and O–H groups in total. The van der Waals surface area contributed by atoms with E-state index in [9.17, 15) is 9.59 Å². The Labute approximate surface area is 113 Å². The Hall–Kier alpha value is -2.15. The van der Waals surface area contributed by atoms with Gasteiger partial charge in [0.05, 0.1) is 10.9 Å². The summed E-state index contributed by atoms with van der Waals surface area (Å²) in [6, 6.07) is 3.39. The molecule has 3 heterocycles. The first-order valence-corrected chi connectivity index (χ1v) is 6.04. The Kier molecular flexibility index (Phi) is 2.63. The van der Waals surface area contributed by atoms with Crippen LogP contribution in [0.25, 0.3) is 5.65 Å². The molecule has 0 aromatic carbocycles. The lowest BCUT2D eigenvalue weighted by Crippen LogP contribution is -2.29. The van der Waals surface area contributed by atoms with Gasteiger partial charge in [-0.25, -0.2) is 4.52 Å². The number of amides is 2. The minimum atomic E-state index is -0.484. The Morgan fingerprint density at radius 2 is 2.26 bits per heavy atom. The maximum absolute atomic E-state index is 11.8. The Balaban J connectivity index is 1.96. The second-order valence-electron chi connectivity index (χ2n) is 4.37. The third-order valence-corrected chi connectivity index (χ3v) is 3.28. The van der Waals surface area contributed by atoms with Crippen LogP contribution in [0.4, 0.5) is 5.95 Å². The van der Waals surface area contributed by atoms with Crippen LogP contribution in [0.15, 0.2) is 18.3 Å². The molecule has 1 fully saturated rings. The van der Waals surface area contributed by atoms with E-state index < -0.39 is 11.8 Å². The van der Waals surface area contributed by atoms with Crippen LogP contribution in [0.3, 0.4) is 0 Å². The molecule has 0 spiro atoms. The number of carbonyl (C=O) groups excluding carboxylic acids is 2. The lowest BCUT2D eigenvalue weighted by atomic mass is 10.1. The first kappa shape index (κ1) is 11.9. The van der Waals surface area contributed by atoms with Gasteiger partial charge < -0.3 is 5.73 Å². The van der Waals surface area contributed by atoms with Crippen molar-refractivity contribution >= 4 is 35.0 Å². The summed E-state index contributed by atoms with van der Waals surface area (Å²) in [6.07, 6.45) is 1.70. The molecule has 2 aromatic heterocycles. The van der Waals surface area contributed by atoms with E-state index in [0.717, 1.165) is 0 Å². The van der Waals surface area contributed by atoms with E-state index in [4.69, 9.17) is 17.3 Å². The van der Waals surface area contributed by atoms with Gasteiger partial charge in [0.15, 0.2) is 5.65 Å². The van der Waals surface area contributed by atoms with Crippen LogP contribution in [-0.2, 0) is 9.59 Å². The van der Waals surface area contributed by atoms with E-state index in [1.807, 2.05) is 0 Å². The van der Waals surface area contributed by atoms with Crippen LogP contribution in [0.1, 0.15) is 6.42 Å². The molecular weight excluding hydrogens is 270 g/mol. The summed E-state index contributed by atoms with van der Waals surface area (Å²) in [6.45, 7) is 0.221. The highest BCUT2D eigenvalue weighted by atomic mass is 35.5. The van der Waals surface area contributed by atoms with Crippen molar-refractivity contribution in [3.05, 3.63) is 23.4 Å². The highest BCUT2D eigenvalue weighted by Gasteiger charge is 2.35. The van der Waals surface area contributed by atoms with Gasteiger partial charge >= 0.3 is 0 Å². The molecule has 7 nitrogen and oxygen atoms in total. The molecule has 0 radical (unpaired) electrons. The lowest BCUT2D eigenvalue weighted by molar-refractivity contribution is -0.123. The Bertz CT molecular complexity index is 683. The summed E-state index contributed by atoms with van der Waals surface area (Å²) >= 11 is 5.85. The minimum absolute atomic E-state index is 0.103. The van der Waals surface area contributed by atoms with Gasteiger partial charge in [0.2, 0.25) is 11.8 Å². The number of carbonyl (C=O) groups is 2. The average molecular weight is 280 g/mol. The van der Waals surface area contributed by atoms with Crippen molar-refractivity contribution in [2.45, 2.75) is 6.42 Å². The molecule has 1 aliphatic rings. The van der Waals surface area contributed by atoms with Gasteiger partial charge in [0.1, 0.15) is 0 Å². The number of primary amides is 1. The van der Waals surface area contributed by atoms with Crippen LogP contribution in [0.5, 0.6) is 0 Å². The highest BCUT2D eigenvalue weighted by Crippen LogP contribution is 2.23. The first-order chi connectivity index (χ1) is 9.04. The van der Waals surface area contributed by atoms with Gasteiger partial charge in [0, 0.05) is 19.2 Å². The summed E-state index contributed by atoms with van der Waals surface area (Å²) < 4.78 is 1.49. The minimum Gasteiger partial charge on any atom is -0.369 e. The second-order valence-corrected chi connectivity index (χ2v) is 4.81. The van der Waals surface area contributed by atoms with Crippen molar-refractivity contribution in [3.63, 3.8) is 0 Å². The topological polar surface area (TPSA) is 93.6 Å². The molecule has 1 saturated heterocycles. The van der Waals surface area contributed by atoms with Gasteiger partial charge in [-0.15, -0.1) is 5.10 Å². The molecule has 1 atom stereocenters. The predicted octanol–water partition coefficient (Wildman–Crippen LogP) is 0.221. The number of hydrogen-bond acceptors (Lipinski definition) is 4. The van der Waals surface area contributed by atoms with E-state index in [1.54, 1.807) is 18.3 Å². The predicted molar refractivity (Wildman–Crippen MR) is 67.7 cm³/mol. The van der Waals surface area contributed by atoms with E-state index >= 15 is 0 Å². The van der Waals surface area contributed by atoms with Gasteiger partial charge in [-0.1, -0.05) is 11.6 Å². The number of hydrogen-bond donors (Lipinski definition) is 1. The van der Waals surface area contributed by atoms with E-state index in [2.05, 4.69) is 10.1 Å². The van der Waals surface area contributed by atoms with Crippen molar-refractivity contribution in [2.75, 3.05) is 11.4 Å². The average Bonchev–Trinajstić information content (AvgIpc) is 2.91.